The molecule has 2 aromatic rings. The van der Waals surface area contributed by atoms with E-state index in [4.69, 9.17) is 14.3 Å². The number of nitro benzene ring substituents is 1. The molecule has 1 aromatic carbocycles. The Kier molecular flexibility index (Phi) is 3.93. The van der Waals surface area contributed by atoms with Crippen LogP contribution in [0.1, 0.15) is 27.2 Å². The Labute approximate surface area is 119 Å². The molecule has 0 aliphatic rings. The van der Waals surface area contributed by atoms with Gasteiger partial charge in [-0.1, -0.05) is 0 Å². The van der Waals surface area contributed by atoms with Gasteiger partial charge in [-0.2, -0.15) is 0 Å². The lowest BCUT2D eigenvalue weighted by atomic mass is 10.1. The number of nitrogens with zero attached hydrogens (tertiary/aromatic N) is 1. The van der Waals surface area contributed by atoms with Crippen molar-refractivity contribution in [3.05, 3.63) is 57.0 Å². The Morgan fingerprint density at radius 3 is 2.71 bits per heavy atom. The minimum Gasteiger partial charge on any atom is -0.488 e. The Morgan fingerprint density at radius 2 is 2.10 bits per heavy atom. The third kappa shape index (κ3) is 3.02. The molecule has 0 aliphatic carbocycles. The summed E-state index contributed by atoms with van der Waals surface area (Å²) in [6, 6.07) is 4.50. The van der Waals surface area contributed by atoms with Crippen LogP contribution < -0.4 is 4.74 Å². The number of hydrogen-bond acceptors (Lipinski definition) is 5. The second kappa shape index (κ2) is 5.66. The number of benzene rings is 1. The molecule has 1 N–H and O–H groups in total. The van der Waals surface area contributed by atoms with Gasteiger partial charge in [-0.3, -0.25) is 10.1 Å². The molecule has 0 saturated carbocycles. The lowest BCUT2D eigenvalue weighted by Gasteiger charge is -2.10. The first-order chi connectivity index (χ1) is 9.90. The largest absolute Gasteiger partial charge is 0.488 e. The molecule has 0 amide bonds. The number of carboxylic acid groups (broad SMARTS) is 1. The molecule has 0 fully saturated rings. The average Bonchev–Trinajstić information content (AvgIpc) is 2.87. The van der Waals surface area contributed by atoms with Crippen molar-refractivity contribution < 1.29 is 24.0 Å². The van der Waals surface area contributed by atoms with Crippen molar-refractivity contribution in [2.24, 2.45) is 0 Å². The highest BCUT2D eigenvalue weighted by Gasteiger charge is 2.17. The maximum Gasteiger partial charge on any atom is 0.372 e. The van der Waals surface area contributed by atoms with Crippen LogP contribution in [0.3, 0.4) is 0 Å². The molecule has 0 unspecified atom stereocenters. The number of carboxylic acids is 1. The summed E-state index contributed by atoms with van der Waals surface area (Å²) in [7, 11) is 0. The van der Waals surface area contributed by atoms with Gasteiger partial charge in [0.25, 0.3) is 5.69 Å². The van der Waals surface area contributed by atoms with Gasteiger partial charge in [0.1, 0.15) is 12.4 Å². The van der Waals surface area contributed by atoms with Crippen molar-refractivity contribution in [3.8, 4) is 5.75 Å². The molecule has 0 spiro atoms. The van der Waals surface area contributed by atoms with E-state index in [9.17, 15) is 14.9 Å². The standard InChI is InChI=1S/C14H13NO6/c1-8-6-12(9(2)5-11(8)15(18)19)21-7-10-3-4-20-13(10)14(16)17/h3-6H,7H2,1-2H3,(H,16,17). The zero-order valence-electron chi connectivity index (χ0n) is 11.5. The Hall–Kier alpha value is -2.83. The van der Waals surface area contributed by atoms with Crippen molar-refractivity contribution >= 4 is 11.7 Å². The number of ether oxygens (including phenoxy) is 1. The van der Waals surface area contributed by atoms with Gasteiger partial charge >= 0.3 is 5.97 Å². The summed E-state index contributed by atoms with van der Waals surface area (Å²) >= 11 is 0. The molecule has 1 aromatic heterocycles. The van der Waals surface area contributed by atoms with Crippen molar-refractivity contribution in [2.45, 2.75) is 20.5 Å². The van der Waals surface area contributed by atoms with Gasteiger partial charge in [-0.25, -0.2) is 4.79 Å². The normalized spacial score (nSPS) is 10.4. The number of carbonyl (C=O) groups is 1. The van der Waals surface area contributed by atoms with Crippen LogP contribution >= 0.6 is 0 Å². The molecule has 0 radical (unpaired) electrons. The first-order valence-electron chi connectivity index (χ1n) is 6.08. The van der Waals surface area contributed by atoms with Gasteiger partial charge in [0.15, 0.2) is 0 Å². The summed E-state index contributed by atoms with van der Waals surface area (Å²) < 4.78 is 10.4. The second-order valence-electron chi connectivity index (χ2n) is 4.53. The fourth-order valence-electron chi connectivity index (χ4n) is 1.92. The zero-order chi connectivity index (χ0) is 15.6. The highest BCUT2D eigenvalue weighted by molar-refractivity contribution is 5.86. The number of aromatic carboxylic acids is 1. The predicted molar refractivity (Wildman–Crippen MR) is 72.6 cm³/mol. The van der Waals surface area contributed by atoms with Gasteiger partial charge < -0.3 is 14.3 Å². The van der Waals surface area contributed by atoms with E-state index in [-0.39, 0.29) is 18.1 Å². The van der Waals surface area contributed by atoms with E-state index in [1.165, 1.54) is 18.4 Å². The predicted octanol–water partition coefficient (Wildman–Crippen LogP) is 3.08. The summed E-state index contributed by atoms with van der Waals surface area (Å²) in [5.41, 5.74) is 1.51. The number of furan rings is 1. The summed E-state index contributed by atoms with van der Waals surface area (Å²) in [5, 5.41) is 19.8. The van der Waals surface area contributed by atoms with E-state index in [1.807, 2.05) is 0 Å². The molecule has 0 aliphatic heterocycles. The number of aryl methyl sites for hydroxylation is 2. The number of nitro groups is 1. The van der Waals surface area contributed by atoms with Gasteiger partial charge in [0, 0.05) is 17.2 Å². The van der Waals surface area contributed by atoms with Gasteiger partial charge in [0.2, 0.25) is 5.76 Å². The van der Waals surface area contributed by atoms with Crippen molar-refractivity contribution in [2.75, 3.05) is 0 Å². The first-order valence-corrected chi connectivity index (χ1v) is 6.08. The zero-order valence-corrected chi connectivity index (χ0v) is 11.5. The van der Waals surface area contributed by atoms with E-state index in [0.29, 0.717) is 22.4 Å². The third-order valence-corrected chi connectivity index (χ3v) is 3.01. The fourth-order valence-corrected chi connectivity index (χ4v) is 1.92. The molecule has 7 nitrogen and oxygen atoms in total. The van der Waals surface area contributed by atoms with E-state index >= 15 is 0 Å². The van der Waals surface area contributed by atoms with Crippen molar-refractivity contribution in [1.82, 2.24) is 0 Å². The van der Waals surface area contributed by atoms with Gasteiger partial charge in [-0.15, -0.1) is 0 Å². The summed E-state index contributed by atoms with van der Waals surface area (Å²) in [6.45, 7) is 3.32. The third-order valence-electron chi connectivity index (χ3n) is 3.01. The average molecular weight is 291 g/mol. The highest BCUT2D eigenvalue weighted by Crippen LogP contribution is 2.28. The van der Waals surface area contributed by atoms with Crippen LogP contribution in [0.2, 0.25) is 0 Å². The lowest BCUT2D eigenvalue weighted by molar-refractivity contribution is -0.385. The quantitative estimate of drug-likeness (QED) is 0.670. The van der Waals surface area contributed by atoms with Crippen molar-refractivity contribution in [1.29, 1.82) is 0 Å². The van der Waals surface area contributed by atoms with Crippen LogP contribution in [0.25, 0.3) is 0 Å². The van der Waals surface area contributed by atoms with Crippen LogP contribution in [-0.4, -0.2) is 16.0 Å². The molecule has 7 heteroatoms. The van der Waals surface area contributed by atoms with Crippen molar-refractivity contribution in [3.63, 3.8) is 0 Å². The van der Waals surface area contributed by atoms with Gasteiger partial charge in [-0.05, 0) is 31.5 Å². The monoisotopic (exact) mass is 291 g/mol. The molecule has 0 saturated heterocycles. The molecule has 2 rings (SSSR count). The van der Waals surface area contributed by atoms with E-state index < -0.39 is 10.9 Å². The van der Waals surface area contributed by atoms with Crippen LogP contribution in [0, 0.1) is 24.0 Å². The Balaban J connectivity index is 2.21. The van der Waals surface area contributed by atoms with E-state index in [2.05, 4.69) is 0 Å². The Bertz CT molecular complexity index is 703. The topological polar surface area (TPSA) is 103 Å². The minimum atomic E-state index is -1.17. The summed E-state index contributed by atoms with van der Waals surface area (Å²) in [4.78, 5) is 21.3. The van der Waals surface area contributed by atoms with Gasteiger partial charge in [0.05, 0.1) is 11.2 Å². The van der Waals surface area contributed by atoms with Crippen LogP contribution in [-0.2, 0) is 6.61 Å². The van der Waals surface area contributed by atoms with E-state index in [0.717, 1.165) is 0 Å². The highest BCUT2D eigenvalue weighted by atomic mass is 16.6. The maximum absolute atomic E-state index is 10.9. The second-order valence-corrected chi connectivity index (χ2v) is 4.53. The molecular weight excluding hydrogens is 278 g/mol. The molecule has 0 atom stereocenters. The van der Waals surface area contributed by atoms with Crippen LogP contribution in [0.15, 0.2) is 28.9 Å². The smallest absolute Gasteiger partial charge is 0.372 e. The number of hydrogen-bond donors (Lipinski definition) is 1. The maximum atomic E-state index is 10.9. The molecule has 110 valence electrons. The minimum absolute atomic E-state index is 0.0101. The number of rotatable bonds is 5. The fraction of sp³-hybridized carbons (Fsp3) is 0.214. The molecule has 1 heterocycles. The SMILES string of the molecule is Cc1cc([N+](=O)[O-])c(C)cc1OCc1ccoc1C(=O)O. The van der Waals surface area contributed by atoms with E-state index in [1.54, 1.807) is 19.9 Å². The Morgan fingerprint density at radius 1 is 1.38 bits per heavy atom. The lowest BCUT2D eigenvalue weighted by Crippen LogP contribution is -2.04. The summed E-state index contributed by atoms with van der Waals surface area (Å²) in [6.07, 6.45) is 1.27. The first kappa shape index (κ1) is 14.6. The van der Waals surface area contributed by atoms with Crippen LogP contribution in [0.5, 0.6) is 5.75 Å². The molecule has 21 heavy (non-hydrogen) atoms. The summed E-state index contributed by atoms with van der Waals surface area (Å²) in [5.74, 6) is -0.878. The molecule has 0 bridgehead atoms. The van der Waals surface area contributed by atoms with Crippen LogP contribution in [0.4, 0.5) is 5.69 Å². The molecular formula is C14H13NO6.